The van der Waals surface area contributed by atoms with E-state index in [1.54, 1.807) is 24.3 Å². The minimum Gasteiger partial charge on any atom is -0.478 e. The van der Waals surface area contributed by atoms with Crippen LogP contribution in [-0.2, 0) is 11.2 Å². The first-order valence-electron chi connectivity index (χ1n) is 6.13. The van der Waals surface area contributed by atoms with Crippen LogP contribution in [0.15, 0.2) is 42.5 Å². The number of carboxylic acid groups (broad SMARTS) is 1. The number of nitrogens with two attached hydrogens (primary N) is 1. The van der Waals surface area contributed by atoms with Crippen LogP contribution in [0, 0.1) is 5.82 Å². The van der Waals surface area contributed by atoms with E-state index in [2.05, 4.69) is 5.32 Å². The van der Waals surface area contributed by atoms with Gasteiger partial charge in [0.15, 0.2) is 0 Å². The summed E-state index contributed by atoms with van der Waals surface area (Å²) in [5, 5.41) is 11.5. The Hall–Kier alpha value is -2.89. The van der Waals surface area contributed by atoms with E-state index in [0.717, 1.165) is 12.1 Å². The number of nitrogen functional groups attached to an aromatic ring is 1. The summed E-state index contributed by atoms with van der Waals surface area (Å²) in [6.45, 7) is 0. The predicted molar refractivity (Wildman–Crippen MR) is 76.5 cm³/mol. The normalized spacial score (nSPS) is 10.1. The molecule has 1 amide bonds. The molecule has 0 heterocycles. The van der Waals surface area contributed by atoms with E-state index in [9.17, 15) is 14.0 Å². The van der Waals surface area contributed by atoms with Crippen molar-refractivity contribution in [3.05, 3.63) is 59.4 Å². The van der Waals surface area contributed by atoms with Crippen LogP contribution in [0.4, 0.5) is 15.8 Å². The van der Waals surface area contributed by atoms with Gasteiger partial charge in [-0.15, -0.1) is 0 Å². The molecule has 0 atom stereocenters. The molecule has 0 aliphatic rings. The molecule has 0 radical (unpaired) electrons. The van der Waals surface area contributed by atoms with E-state index in [0.29, 0.717) is 11.3 Å². The lowest BCUT2D eigenvalue weighted by molar-refractivity contribution is -0.115. The van der Waals surface area contributed by atoms with E-state index < -0.39 is 17.7 Å². The molecule has 4 N–H and O–H groups in total. The summed E-state index contributed by atoms with van der Waals surface area (Å²) in [6, 6.07) is 9.97. The number of hydrogen-bond acceptors (Lipinski definition) is 3. The Morgan fingerprint density at radius 2 is 1.95 bits per heavy atom. The number of aromatic carboxylic acids is 1. The third-order valence-electron chi connectivity index (χ3n) is 2.80. The van der Waals surface area contributed by atoms with Crippen molar-refractivity contribution in [3.8, 4) is 0 Å². The zero-order valence-electron chi connectivity index (χ0n) is 11.0. The molecule has 0 aliphatic carbocycles. The van der Waals surface area contributed by atoms with Crippen LogP contribution in [-0.4, -0.2) is 17.0 Å². The quantitative estimate of drug-likeness (QED) is 0.752. The Morgan fingerprint density at radius 3 is 2.62 bits per heavy atom. The summed E-state index contributed by atoms with van der Waals surface area (Å²) in [6.07, 6.45) is 0.0431. The number of nitrogens with one attached hydrogen (secondary N) is 1. The van der Waals surface area contributed by atoms with Crippen LogP contribution in [0.5, 0.6) is 0 Å². The van der Waals surface area contributed by atoms with E-state index in [1.807, 2.05) is 0 Å². The highest BCUT2D eigenvalue weighted by Gasteiger charge is 2.14. The lowest BCUT2D eigenvalue weighted by atomic mass is 10.1. The number of rotatable bonds is 4. The highest BCUT2D eigenvalue weighted by atomic mass is 19.1. The Labute approximate surface area is 120 Å². The van der Waals surface area contributed by atoms with Crippen molar-refractivity contribution in [3.63, 3.8) is 0 Å². The van der Waals surface area contributed by atoms with Crippen molar-refractivity contribution in [2.45, 2.75) is 6.42 Å². The van der Waals surface area contributed by atoms with Crippen molar-refractivity contribution in [1.82, 2.24) is 0 Å². The minimum absolute atomic E-state index is 0.0431. The maximum Gasteiger partial charge on any atom is 0.337 e. The number of amides is 1. The molecule has 21 heavy (non-hydrogen) atoms. The molecule has 108 valence electrons. The summed E-state index contributed by atoms with van der Waals surface area (Å²) >= 11 is 0. The molecule has 0 saturated carbocycles. The van der Waals surface area contributed by atoms with Crippen molar-refractivity contribution in [2.75, 3.05) is 11.1 Å². The van der Waals surface area contributed by atoms with Gasteiger partial charge in [-0.2, -0.15) is 0 Å². The van der Waals surface area contributed by atoms with E-state index in [-0.39, 0.29) is 17.7 Å². The Balaban J connectivity index is 2.15. The van der Waals surface area contributed by atoms with Crippen LogP contribution in [0.3, 0.4) is 0 Å². The average Bonchev–Trinajstić information content (AvgIpc) is 2.40. The molecule has 0 saturated heterocycles. The molecule has 0 unspecified atom stereocenters. The van der Waals surface area contributed by atoms with E-state index in [1.165, 1.54) is 6.07 Å². The Morgan fingerprint density at radius 1 is 1.19 bits per heavy atom. The van der Waals surface area contributed by atoms with Gasteiger partial charge in [0, 0.05) is 5.69 Å². The number of benzene rings is 2. The molecular formula is C15H13FN2O3. The molecule has 5 nitrogen and oxygen atoms in total. The van der Waals surface area contributed by atoms with Gasteiger partial charge in [-0.3, -0.25) is 4.79 Å². The van der Waals surface area contributed by atoms with Crippen molar-refractivity contribution in [1.29, 1.82) is 0 Å². The lowest BCUT2D eigenvalue weighted by Crippen LogP contribution is -2.17. The van der Waals surface area contributed by atoms with Crippen LogP contribution in [0.1, 0.15) is 15.9 Å². The van der Waals surface area contributed by atoms with E-state index in [4.69, 9.17) is 10.8 Å². The maximum atomic E-state index is 13.0. The van der Waals surface area contributed by atoms with Gasteiger partial charge in [-0.05, 0) is 35.9 Å². The molecule has 0 aliphatic heterocycles. The maximum absolute atomic E-state index is 13.0. The molecule has 0 fully saturated rings. The summed E-state index contributed by atoms with van der Waals surface area (Å²) in [5.74, 6) is -2.40. The first kappa shape index (κ1) is 14.5. The van der Waals surface area contributed by atoms with Gasteiger partial charge in [0.05, 0.1) is 17.7 Å². The zero-order valence-corrected chi connectivity index (χ0v) is 11.0. The van der Waals surface area contributed by atoms with Crippen molar-refractivity contribution >= 4 is 23.3 Å². The standard InChI is InChI=1S/C15H13FN2O3/c16-10-4-5-13(12(8-10)15(20)21)18-14(19)7-9-2-1-3-11(17)6-9/h1-6,8H,7,17H2,(H,18,19)(H,20,21). The number of anilines is 2. The zero-order chi connectivity index (χ0) is 15.4. The number of carboxylic acids is 1. The number of carbonyl (C=O) groups is 2. The largest absolute Gasteiger partial charge is 0.478 e. The SMILES string of the molecule is Nc1cccc(CC(=O)Nc2ccc(F)cc2C(=O)O)c1. The second kappa shape index (κ2) is 6.04. The van der Waals surface area contributed by atoms with Gasteiger partial charge in [0.2, 0.25) is 5.91 Å². The van der Waals surface area contributed by atoms with Crippen LogP contribution >= 0.6 is 0 Å². The minimum atomic E-state index is -1.31. The van der Waals surface area contributed by atoms with Crippen molar-refractivity contribution < 1.29 is 19.1 Å². The fraction of sp³-hybridized carbons (Fsp3) is 0.0667. The summed E-state index contributed by atoms with van der Waals surface area (Å²) in [4.78, 5) is 22.9. The van der Waals surface area contributed by atoms with Gasteiger partial charge >= 0.3 is 5.97 Å². The van der Waals surface area contributed by atoms with Gasteiger partial charge in [0.25, 0.3) is 0 Å². The van der Waals surface area contributed by atoms with Crippen LogP contribution < -0.4 is 11.1 Å². The number of halogens is 1. The monoisotopic (exact) mass is 288 g/mol. The second-order valence-corrected chi connectivity index (χ2v) is 4.47. The van der Waals surface area contributed by atoms with Gasteiger partial charge in [-0.1, -0.05) is 12.1 Å². The highest BCUT2D eigenvalue weighted by Crippen LogP contribution is 2.18. The number of carbonyl (C=O) groups excluding carboxylic acids is 1. The fourth-order valence-corrected chi connectivity index (χ4v) is 1.89. The topological polar surface area (TPSA) is 92.4 Å². The fourth-order valence-electron chi connectivity index (χ4n) is 1.89. The smallest absolute Gasteiger partial charge is 0.337 e. The number of hydrogen-bond donors (Lipinski definition) is 3. The molecule has 0 aromatic heterocycles. The van der Waals surface area contributed by atoms with Gasteiger partial charge < -0.3 is 16.2 Å². The summed E-state index contributed by atoms with van der Waals surface area (Å²) < 4.78 is 13.0. The average molecular weight is 288 g/mol. The molecule has 2 aromatic carbocycles. The third-order valence-corrected chi connectivity index (χ3v) is 2.80. The predicted octanol–water partition coefficient (Wildman–Crippen LogP) is 2.29. The lowest BCUT2D eigenvalue weighted by Gasteiger charge is -2.09. The third kappa shape index (κ3) is 3.79. The van der Waals surface area contributed by atoms with E-state index >= 15 is 0 Å². The van der Waals surface area contributed by atoms with Gasteiger partial charge in [-0.25, -0.2) is 9.18 Å². The molecule has 2 aromatic rings. The van der Waals surface area contributed by atoms with Crippen LogP contribution in [0.25, 0.3) is 0 Å². The molecule has 6 heteroatoms. The summed E-state index contributed by atoms with van der Waals surface area (Å²) in [5.41, 5.74) is 6.61. The molecule has 2 rings (SSSR count). The first-order valence-corrected chi connectivity index (χ1v) is 6.13. The Kier molecular flexibility index (Phi) is 4.18. The second-order valence-electron chi connectivity index (χ2n) is 4.47. The highest BCUT2D eigenvalue weighted by molar-refractivity contribution is 6.01. The van der Waals surface area contributed by atoms with Crippen LogP contribution in [0.2, 0.25) is 0 Å². The molecule has 0 bridgehead atoms. The summed E-state index contributed by atoms with van der Waals surface area (Å²) in [7, 11) is 0. The first-order chi connectivity index (χ1) is 9.95. The molecular weight excluding hydrogens is 275 g/mol. The van der Waals surface area contributed by atoms with Gasteiger partial charge in [0.1, 0.15) is 5.82 Å². The van der Waals surface area contributed by atoms with Crippen molar-refractivity contribution in [2.24, 2.45) is 0 Å². The molecule has 0 spiro atoms. The Bertz CT molecular complexity index is 701.